The van der Waals surface area contributed by atoms with Gasteiger partial charge in [-0.15, -0.1) is 24.8 Å². The summed E-state index contributed by atoms with van der Waals surface area (Å²) in [5.74, 6) is 0. The minimum absolute atomic E-state index is 0. The lowest BCUT2D eigenvalue weighted by Gasteiger charge is -2.28. The van der Waals surface area contributed by atoms with Crippen LogP contribution in [0.3, 0.4) is 0 Å². The van der Waals surface area contributed by atoms with Crippen molar-refractivity contribution in [3.63, 3.8) is 0 Å². The van der Waals surface area contributed by atoms with Gasteiger partial charge in [0.2, 0.25) is 0 Å². The molecule has 20 heavy (non-hydrogen) atoms. The standard InChI is InChI=1S/C14H26N4.2ClH/c1-10-12(11(2)18-17-10)6-5-8-15-13-7-9-16-14(13,3)4;;/h13,15-16H,5-9H2,1-4H3,(H,17,18);2*1H. The molecule has 1 saturated heterocycles. The first-order valence-electron chi connectivity index (χ1n) is 6.99. The monoisotopic (exact) mass is 322 g/mol. The van der Waals surface area contributed by atoms with Crippen LogP contribution in [0.15, 0.2) is 0 Å². The summed E-state index contributed by atoms with van der Waals surface area (Å²) >= 11 is 0. The molecule has 2 rings (SSSR count). The number of hydrogen-bond donors (Lipinski definition) is 3. The van der Waals surface area contributed by atoms with Crippen LogP contribution in [-0.2, 0) is 6.42 Å². The minimum Gasteiger partial charge on any atom is -0.312 e. The maximum Gasteiger partial charge on any atom is 0.0625 e. The van der Waals surface area contributed by atoms with E-state index in [0.29, 0.717) is 6.04 Å². The van der Waals surface area contributed by atoms with Crippen LogP contribution in [0, 0.1) is 13.8 Å². The maximum absolute atomic E-state index is 4.24. The Kier molecular flexibility index (Phi) is 8.11. The van der Waals surface area contributed by atoms with Crippen molar-refractivity contribution in [2.24, 2.45) is 0 Å². The van der Waals surface area contributed by atoms with Crippen molar-refractivity contribution in [3.05, 3.63) is 17.0 Å². The molecule has 1 aromatic heterocycles. The molecule has 0 saturated carbocycles. The van der Waals surface area contributed by atoms with Crippen molar-refractivity contribution in [3.8, 4) is 0 Å². The fraction of sp³-hybridized carbons (Fsp3) is 0.786. The van der Waals surface area contributed by atoms with E-state index in [4.69, 9.17) is 0 Å². The Morgan fingerprint density at radius 3 is 2.50 bits per heavy atom. The smallest absolute Gasteiger partial charge is 0.0625 e. The van der Waals surface area contributed by atoms with Gasteiger partial charge in [0.25, 0.3) is 0 Å². The number of nitrogens with zero attached hydrogens (tertiary/aromatic N) is 1. The molecule has 4 nitrogen and oxygen atoms in total. The summed E-state index contributed by atoms with van der Waals surface area (Å²) in [7, 11) is 0. The summed E-state index contributed by atoms with van der Waals surface area (Å²) < 4.78 is 0. The third kappa shape index (κ3) is 4.62. The molecule has 0 bridgehead atoms. The predicted molar refractivity (Wildman–Crippen MR) is 89.4 cm³/mol. The SMILES string of the molecule is Cc1n[nH]c(C)c1CCCNC1CCNC1(C)C.Cl.Cl. The summed E-state index contributed by atoms with van der Waals surface area (Å²) in [4.78, 5) is 0. The first-order valence-corrected chi connectivity index (χ1v) is 6.99. The zero-order valence-electron chi connectivity index (χ0n) is 12.9. The minimum atomic E-state index is 0. The van der Waals surface area contributed by atoms with Gasteiger partial charge in [-0.1, -0.05) is 0 Å². The molecule has 0 amide bonds. The highest BCUT2D eigenvalue weighted by Gasteiger charge is 2.33. The second kappa shape index (κ2) is 8.23. The number of halogens is 2. The number of aromatic nitrogens is 2. The quantitative estimate of drug-likeness (QED) is 0.730. The summed E-state index contributed by atoms with van der Waals surface area (Å²) in [5, 5.41) is 14.5. The van der Waals surface area contributed by atoms with Gasteiger partial charge in [0, 0.05) is 17.3 Å². The molecule has 118 valence electrons. The fourth-order valence-corrected chi connectivity index (χ4v) is 2.86. The van der Waals surface area contributed by atoms with E-state index >= 15 is 0 Å². The molecular weight excluding hydrogens is 295 g/mol. The Labute approximate surface area is 134 Å². The van der Waals surface area contributed by atoms with Gasteiger partial charge in [0.15, 0.2) is 0 Å². The normalized spacial score (nSPS) is 20.3. The highest BCUT2D eigenvalue weighted by molar-refractivity contribution is 5.85. The highest BCUT2D eigenvalue weighted by atomic mass is 35.5. The average molecular weight is 323 g/mol. The Balaban J connectivity index is 0.00000180. The predicted octanol–water partition coefficient (Wildman–Crippen LogP) is 2.53. The third-order valence-corrected chi connectivity index (χ3v) is 4.16. The van der Waals surface area contributed by atoms with Crippen LogP contribution in [0.1, 0.15) is 43.6 Å². The van der Waals surface area contributed by atoms with Crippen LogP contribution in [-0.4, -0.2) is 34.9 Å². The Bertz CT molecular complexity index is 384. The third-order valence-electron chi connectivity index (χ3n) is 4.16. The molecule has 1 atom stereocenters. The zero-order chi connectivity index (χ0) is 13.2. The Morgan fingerprint density at radius 2 is 2.00 bits per heavy atom. The lowest BCUT2D eigenvalue weighted by atomic mass is 9.97. The van der Waals surface area contributed by atoms with Gasteiger partial charge in [-0.3, -0.25) is 5.10 Å². The van der Waals surface area contributed by atoms with Crippen LogP contribution < -0.4 is 10.6 Å². The molecule has 1 fully saturated rings. The van der Waals surface area contributed by atoms with Crippen molar-refractivity contribution in [2.45, 2.75) is 58.5 Å². The molecular formula is C14H28Cl2N4. The van der Waals surface area contributed by atoms with Crippen molar-refractivity contribution < 1.29 is 0 Å². The van der Waals surface area contributed by atoms with Gasteiger partial charge in [-0.05, 0) is 65.6 Å². The zero-order valence-corrected chi connectivity index (χ0v) is 14.5. The lowest BCUT2D eigenvalue weighted by molar-refractivity contribution is 0.350. The molecule has 2 heterocycles. The van der Waals surface area contributed by atoms with Crippen molar-refractivity contribution in [1.29, 1.82) is 0 Å². The number of aromatic amines is 1. The molecule has 3 N–H and O–H groups in total. The average Bonchev–Trinajstić information content (AvgIpc) is 2.79. The first kappa shape index (κ1) is 19.7. The summed E-state index contributed by atoms with van der Waals surface area (Å²) in [6, 6.07) is 0.601. The molecule has 0 radical (unpaired) electrons. The number of rotatable bonds is 5. The fourth-order valence-electron chi connectivity index (χ4n) is 2.86. The van der Waals surface area contributed by atoms with Crippen molar-refractivity contribution in [2.75, 3.05) is 13.1 Å². The van der Waals surface area contributed by atoms with E-state index in [1.165, 1.54) is 24.1 Å². The molecule has 0 aliphatic carbocycles. The van der Waals surface area contributed by atoms with Gasteiger partial charge in [-0.2, -0.15) is 5.10 Å². The molecule has 0 spiro atoms. The van der Waals surface area contributed by atoms with Crippen LogP contribution in [0.2, 0.25) is 0 Å². The molecule has 1 aliphatic rings. The van der Waals surface area contributed by atoms with Crippen molar-refractivity contribution >= 4 is 24.8 Å². The number of aryl methyl sites for hydroxylation is 2. The van der Waals surface area contributed by atoms with E-state index in [0.717, 1.165) is 25.2 Å². The molecule has 1 aliphatic heterocycles. The van der Waals surface area contributed by atoms with E-state index in [2.05, 4.69) is 48.5 Å². The van der Waals surface area contributed by atoms with Gasteiger partial charge in [-0.25, -0.2) is 0 Å². The Morgan fingerprint density at radius 1 is 1.30 bits per heavy atom. The van der Waals surface area contributed by atoms with Gasteiger partial charge in [0.1, 0.15) is 0 Å². The number of hydrogen-bond acceptors (Lipinski definition) is 3. The highest BCUT2D eigenvalue weighted by Crippen LogP contribution is 2.18. The second-order valence-electron chi connectivity index (χ2n) is 5.96. The second-order valence-corrected chi connectivity index (χ2v) is 5.96. The van der Waals surface area contributed by atoms with Crippen LogP contribution >= 0.6 is 24.8 Å². The van der Waals surface area contributed by atoms with Gasteiger partial charge >= 0.3 is 0 Å². The van der Waals surface area contributed by atoms with Gasteiger partial charge in [0.05, 0.1) is 5.69 Å². The maximum atomic E-state index is 4.24. The molecule has 0 aromatic carbocycles. The van der Waals surface area contributed by atoms with E-state index in [1.54, 1.807) is 0 Å². The first-order chi connectivity index (χ1) is 8.50. The summed E-state index contributed by atoms with van der Waals surface area (Å²) in [6.45, 7) is 11.0. The summed E-state index contributed by atoms with van der Waals surface area (Å²) in [6.07, 6.45) is 3.52. The van der Waals surface area contributed by atoms with Crippen LogP contribution in [0.25, 0.3) is 0 Å². The molecule has 1 unspecified atom stereocenters. The van der Waals surface area contributed by atoms with Crippen molar-refractivity contribution in [1.82, 2.24) is 20.8 Å². The number of H-pyrrole nitrogens is 1. The number of nitrogens with one attached hydrogen (secondary N) is 3. The van der Waals surface area contributed by atoms with Crippen LogP contribution in [0.4, 0.5) is 0 Å². The van der Waals surface area contributed by atoms with Gasteiger partial charge < -0.3 is 10.6 Å². The lowest BCUT2D eigenvalue weighted by Crippen LogP contribution is -2.49. The van der Waals surface area contributed by atoms with E-state index in [9.17, 15) is 0 Å². The van der Waals surface area contributed by atoms with E-state index in [1.807, 2.05) is 0 Å². The van der Waals surface area contributed by atoms with E-state index in [-0.39, 0.29) is 30.4 Å². The van der Waals surface area contributed by atoms with Crippen LogP contribution in [0.5, 0.6) is 0 Å². The topological polar surface area (TPSA) is 52.7 Å². The summed E-state index contributed by atoms with van der Waals surface area (Å²) in [5.41, 5.74) is 3.99. The largest absolute Gasteiger partial charge is 0.312 e. The Hall–Kier alpha value is -0.290. The molecule has 1 aromatic rings. The van der Waals surface area contributed by atoms with E-state index < -0.39 is 0 Å². The molecule has 6 heteroatoms.